The number of halogens is 2. The van der Waals surface area contributed by atoms with Crippen LogP contribution in [-0.2, 0) is 26.3 Å². The van der Waals surface area contributed by atoms with Crippen molar-refractivity contribution in [3.8, 4) is 23.3 Å². The van der Waals surface area contributed by atoms with Gasteiger partial charge in [-0.1, -0.05) is 0 Å². The smallest absolute Gasteiger partial charge is 0.301 e. The molecule has 18 nitrogen and oxygen atoms in total. The van der Waals surface area contributed by atoms with Crippen molar-refractivity contribution in [2.45, 2.75) is 38.0 Å². The molecule has 4 saturated heterocycles. The maximum Gasteiger partial charge on any atom is 0.301 e. The van der Waals surface area contributed by atoms with Crippen LogP contribution in [0.15, 0.2) is 83.9 Å². The van der Waals surface area contributed by atoms with Crippen LogP contribution in [0.4, 0.5) is 25.8 Å². The average Bonchev–Trinajstić information content (AvgIpc) is 3.95. The zero-order valence-electron chi connectivity index (χ0n) is 37.5. The van der Waals surface area contributed by atoms with Crippen LogP contribution in [-0.4, -0.2) is 145 Å². The van der Waals surface area contributed by atoms with Gasteiger partial charge < -0.3 is 19.4 Å². The second kappa shape index (κ2) is 18.8. The largest absolute Gasteiger partial charge is 0.453 e. The molecule has 69 heavy (non-hydrogen) atoms. The highest BCUT2D eigenvalue weighted by atomic mass is 32.2. The minimum atomic E-state index is -4.24. The van der Waals surface area contributed by atoms with Crippen LogP contribution in [0.5, 0.6) is 11.5 Å². The van der Waals surface area contributed by atoms with E-state index in [4.69, 9.17) is 4.74 Å². The lowest BCUT2D eigenvalue weighted by Crippen LogP contribution is -2.52. The number of nitriles is 1. The second-order valence-corrected chi connectivity index (χ2v) is 19.5. The monoisotopic (exact) mass is 961 g/mol. The number of nitrogens with zero attached hydrogens (tertiary/aromatic N) is 9. The van der Waals surface area contributed by atoms with Crippen LogP contribution in [0, 0.1) is 17.1 Å². The van der Waals surface area contributed by atoms with Crippen LogP contribution in [0.25, 0.3) is 16.6 Å². The van der Waals surface area contributed by atoms with Gasteiger partial charge in [0.2, 0.25) is 11.8 Å². The first-order valence-corrected chi connectivity index (χ1v) is 24.4. The van der Waals surface area contributed by atoms with Crippen LogP contribution in [0.1, 0.15) is 40.7 Å². The zero-order valence-corrected chi connectivity index (χ0v) is 38.3. The molecular formula is C48H49F2N11O7S. The third-order valence-electron chi connectivity index (χ3n) is 13.7. The Morgan fingerprint density at radius 3 is 2.16 bits per heavy atom. The molecule has 0 saturated carbocycles. The second-order valence-electron chi connectivity index (χ2n) is 17.9. The molecule has 0 bridgehead atoms. The summed E-state index contributed by atoms with van der Waals surface area (Å²) in [5, 5.41) is 12.5. The van der Waals surface area contributed by atoms with E-state index in [0.29, 0.717) is 29.7 Å². The van der Waals surface area contributed by atoms with Gasteiger partial charge >= 0.3 is 10.2 Å². The molecule has 5 aliphatic rings. The van der Waals surface area contributed by atoms with Crippen LogP contribution < -0.4 is 30.1 Å². The molecule has 358 valence electrons. The summed E-state index contributed by atoms with van der Waals surface area (Å²) < 4.78 is 65.2. The number of hydrogen-bond donors (Lipinski definition) is 2. The van der Waals surface area contributed by atoms with Crippen molar-refractivity contribution >= 4 is 55.9 Å². The van der Waals surface area contributed by atoms with E-state index >= 15 is 4.39 Å². The number of fused-ring (bicyclic) bond motifs is 2. The number of piperidine rings is 1. The molecule has 3 amide bonds. The Bertz CT molecular complexity index is 3060. The minimum Gasteiger partial charge on any atom is -0.453 e. The van der Waals surface area contributed by atoms with Crippen LogP contribution >= 0.6 is 0 Å². The molecule has 1 aromatic heterocycles. The number of imide groups is 1. The van der Waals surface area contributed by atoms with Crippen molar-refractivity contribution < 1.29 is 36.3 Å². The summed E-state index contributed by atoms with van der Waals surface area (Å²) in [4.78, 5) is 66.8. The first kappa shape index (κ1) is 45.8. The Morgan fingerprint density at radius 1 is 0.812 bits per heavy atom. The van der Waals surface area contributed by atoms with Crippen molar-refractivity contribution in [2.24, 2.45) is 0 Å². The van der Waals surface area contributed by atoms with Gasteiger partial charge in [0.25, 0.3) is 11.5 Å². The van der Waals surface area contributed by atoms with E-state index in [2.05, 4.69) is 40.7 Å². The zero-order chi connectivity index (χ0) is 48.0. The van der Waals surface area contributed by atoms with Gasteiger partial charge in [-0.2, -0.15) is 18.0 Å². The number of alkyl halides is 1. The fraction of sp³-hybridized carbons (Fsp3) is 0.375. The number of rotatable bonds is 12. The van der Waals surface area contributed by atoms with Gasteiger partial charge in [-0.25, -0.2) is 13.8 Å². The summed E-state index contributed by atoms with van der Waals surface area (Å²) in [5.41, 5.74) is 3.48. The third kappa shape index (κ3) is 9.32. The van der Waals surface area contributed by atoms with Crippen LogP contribution in [0.3, 0.4) is 0 Å². The highest BCUT2D eigenvalue weighted by Crippen LogP contribution is 2.35. The van der Waals surface area contributed by atoms with E-state index in [1.54, 1.807) is 11.0 Å². The summed E-state index contributed by atoms with van der Waals surface area (Å²) >= 11 is 0. The van der Waals surface area contributed by atoms with Gasteiger partial charge in [0.05, 0.1) is 22.3 Å². The van der Waals surface area contributed by atoms with Crippen LogP contribution in [0.2, 0.25) is 0 Å². The number of benzene rings is 4. The van der Waals surface area contributed by atoms with Crippen molar-refractivity contribution in [3.63, 3.8) is 0 Å². The predicted molar refractivity (Wildman–Crippen MR) is 252 cm³/mol. The molecule has 6 heterocycles. The summed E-state index contributed by atoms with van der Waals surface area (Å²) in [7, 11) is -4.24. The molecular weight excluding hydrogens is 913 g/mol. The Morgan fingerprint density at radius 2 is 1.49 bits per heavy atom. The maximum absolute atomic E-state index is 15.2. The van der Waals surface area contributed by atoms with Crippen molar-refractivity contribution in [2.75, 3.05) is 93.1 Å². The Hall–Kier alpha value is -6.99. The van der Waals surface area contributed by atoms with E-state index < -0.39 is 51.0 Å². The molecule has 4 fully saturated rings. The number of carbonyl (C=O) groups excluding carboxylic acids is 3. The lowest BCUT2D eigenvalue weighted by molar-refractivity contribution is -0.136. The number of carbonyl (C=O) groups is 3. The molecule has 4 aromatic carbocycles. The van der Waals surface area contributed by atoms with Gasteiger partial charge in [-0.15, -0.1) is 0 Å². The van der Waals surface area contributed by atoms with E-state index in [0.717, 1.165) is 98.8 Å². The quantitative estimate of drug-likeness (QED) is 0.172. The highest BCUT2D eigenvalue weighted by molar-refractivity contribution is 7.90. The number of hydrogen-bond acceptors (Lipinski definition) is 13. The topological polar surface area (TPSA) is 197 Å². The number of aromatic nitrogens is 2. The molecule has 10 rings (SSSR count). The Labute approximate surface area is 396 Å². The molecule has 2 atom stereocenters. The van der Waals surface area contributed by atoms with E-state index in [1.165, 1.54) is 29.1 Å². The van der Waals surface area contributed by atoms with Gasteiger partial charge in [0.1, 0.15) is 35.9 Å². The molecule has 0 aliphatic carbocycles. The SMILES string of the molecule is N#Cc1c(NS(=O)(=O)N2CC[C@@H](F)C2)ccc(F)c1Oc1ccc2ncn(-c3ccc(N4CCN(CCN5CCN(c6ccc7c(c6)CN(C6CCC(=O)NC6=O)C7=O)CC5)CC4)cc3)c(=O)c2c1. The molecule has 2 N–H and O–H groups in total. The van der Waals surface area contributed by atoms with Crippen molar-refractivity contribution in [1.82, 2.24) is 33.9 Å². The Balaban J connectivity index is 0.715. The van der Waals surface area contributed by atoms with Crippen molar-refractivity contribution in [3.05, 3.63) is 112 Å². The fourth-order valence-electron chi connectivity index (χ4n) is 9.75. The fourth-order valence-corrected chi connectivity index (χ4v) is 11.0. The molecule has 5 aromatic rings. The normalized spacial score (nSPS) is 20.6. The van der Waals surface area contributed by atoms with E-state index in [-0.39, 0.29) is 54.6 Å². The van der Waals surface area contributed by atoms with Gasteiger partial charge in [-0.05, 0) is 91.2 Å². The first-order valence-electron chi connectivity index (χ1n) is 23.0. The molecule has 5 aliphatic heterocycles. The van der Waals surface area contributed by atoms with Gasteiger partial charge in [0.15, 0.2) is 11.6 Å². The standard InChI is InChI=1S/C48H49F2N11O7S/c49-32-13-14-59(29-32)69(66,67)54-42-10-8-40(50)45(39(42)27-51)68-36-6-9-41-38(26-36)48(65)61(30-52-41)34-3-1-33(2-4-34)57-21-17-55(18-22-57)15-16-56-19-23-58(24-20-56)35-5-7-37-31(25-35)28-60(47(37)64)43-11-12-44(62)53-46(43)63/h1-10,25-26,30,32,43,54H,11-24,28-29H2,(H,53,62,63)/t32-,43?/m1/s1. The number of anilines is 3. The third-order valence-corrected chi connectivity index (χ3v) is 15.2. The highest BCUT2D eigenvalue weighted by Gasteiger charge is 2.39. The molecule has 0 radical (unpaired) electrons. The predicted octanol–water partition coefficient (Wildman–Crippen LogP) is 3.59. The number of amides is 3. The first-order chi connectivity index (χ1) is 33.3. The van der Waals surface area contributed by atoms with Gasteiger partial charge in [-0.3, -0.25) is 43.6 Å². The number of nitrogens with one attached hydrogen (secondary N) is 2. The average molecular weight is 962 g/mol. The summed E-state index contributed by atoms with van der Waals surface area (Å²) in [5.74, 6) is -2.34. The molecule has 0 spiro atoms. The van der Waals surface area contributed by atoms with Gasteiger partial charge in [0, 0.05) is 108 Å². The van der Waals surface area contributed by atoms with E-state index in [9.17, 15) is 37.2 Å². The summed E-state index contributed by atoms with van der Waals surface area (Å²) in [6, 6.07) is 21.2. The number of ether oxygens (including phenoxy) is 1. The Kier molecular flexibility index (Phi) is 12.5. The lowest BCUT2D eigenvalue weighted by atomic mass is 10.0. The maximum atomic E-state index is 15.2. The van der Waals surface area contributed by atoms with E-state index in [1.807, 2.05) is 36.4 Å². The lowest BCUT2D eigenvalue weighted by Gasteiger charge is -2.39. The minimum absolute atomic E-state index is 0.0153. The number of piperazine rings is 2. The molecule has 1 unspecified atom stereocenters. The summed E-state index contributed by atoms with van der Waals surface area (Å²) in [6.07, 6.45) is 0.734. The summed E-state index contributed by atoms with van der Waals surface area (Å²) in [6.45, 7) is 8.98. The van der Waals surface area contributed by atoms with Crippen molar-refractivity contribution in [1.29, 1.82) is 5.26 Å². The molecule has 21 heteroatoms.